The zero-order valence-electron chi connectivity index (χ0n) is 15.9. The quantitative estimate of drug-likeness (QED) is 0.366. The molecule has 5 nitrogen and oxygen atoms in total. The highest BCUT2D eigenvalue weighted by molar-refractivity contribution is 14.1. The summed E-state index contributed by atoms with van der Waals surface area (Å²) in [6.07, 6.45) is 8.96. The van der Waals surface area contributed by atoms with Crippen LogP contribution in [-0.2, 0) is 0 Å². The molecule has 0 saturated carbocycles. The van der Waals surface area contributed by atoms with Crippen LogP contribution in [0, 0.1) is 3.57 Å². The van der Waals surface area contributed by atoms with Crippen molar-refractivity contribution >= 4 is 28.6 Å². The van der Waals surface area contributed by atoms with Crippen LogP contribution < -0.4 is 0 Å². The predicted octanol–water partition coefficient (Wildman–Crippen LogP) is 5.14. The van der Waals surface area contributed by atoms with E-state index >= 15 is 0 Å². The van der Waals surface area contributed by atoms with E-state index in [1.165, 1.54) is 0 Å². The van der Waals surface area contributed by atoms with E-state index in [9.17, 15) is 9.90 Å². The first kappa shape index (κ1) is 20.2. The summed E-state index contributed by atoms with van der Waals surface area (Å²) in [5.41, 5.74) is 4.04. The molecule has 3 aromatic heterocycles. The number of aromatic carboxylic acids is 1. The number of pyridine rings is 3. The number of aromatic nitrogens is 3. The molecule has 1 atom stereocenters. The Morgan fingerprint density at radius 1 is 0.800 bits per heavy atom. The molecule has 0 bridgehead atoms. The SMILES string of the molecule is O=C(O)c1cccc(C(c2ncccc2I)C(c2cccnc2)c2cccnc2)c1. The monoisotopic (exact) mass is 507 g/mol. The molecule has 1 N–H and O–H groups in total. The molecule has 0 amide bonds. The molecule has 30 heavy (non-hydrogen) atoms. The van der Waals surface area contributed by atoms with E-state index < -0.39 is 5.97 Å². The van der Waals surface area contributed by atoms with Crippen molar-refractivity contribution in [2.45, 2.75) is 11.8 Å². The summed E-state index contributed by atoms with van der Waals surface area (Å²) in [4.78, 5) is 25.0. The van der Waals surface area contributed by atoms with Gasteiger partial charge in [0.25, 0.3) is 0 Å². The number of hydrogen-bond acceptors (Lipinski definition) is 4. The summed E-state index contributed by atoms with van der Waals surface area (Å²) >= 11 is 2.29. The molecule has 0 aliphatic carbocycles. The fourth-order valence-corrected chi connectivity index (χ4v) is 4.38. The van der Waals surface area contributed by atoms with Gasteiger partial charge in [0.15, 0.2) is 0 Å². The largest absolute Gasteiger partial charge is 0.478 e. The number of nitrogens with zero attached hydrogens (tertiary/aromatic N) is 3. The number of benzene rings is 1. The Hall–Kier alpha value is -3.13. The maximum atomic E-state index is 11.7. The molecule has 4 aromatic rings. The normalized spacial score (nSPS) is 11.9. The molecular formula is C24H18IN3O2. The number of carboxylic acids is 1. The molecule has 0 radical (unpaired) electrons. The third-order valence-corrected chi connectivity index (χ3v) is 5.91. The van der Waals surface area contributed by atoms with Crippen LogP contribution in [0.4, 0.5) is 0 Å². The van der Waals surface area contributed by atoms with Crippen molar-refractivity contribution in [3.8, 4) is 0 Å². The van der Waals surface area contributed by atoms with Crippen molar-refractivity contribution in [3.63, 3.8) is 0 Å². The average Bonchev–Trinajstić information content (AvgIpc) is 2.79. The van der Waals surface area contributed by atoms with Gasteiger partial charge in [-0.05, 0) is 75.7 Å². The Morgan fingerprint density at radius 3 is 2.00 bits per heavy atom. The summed E-state index contributed by atoms with van der Waals surface area (Å²) in [6.45, 7) is 0. The van der Waals surface area contributed by atoms with E-state index in [4.69, 9.17) is 4.98 Å². The van der Waals surface area contributed by atoms with Crippen LogP contribution in [0.5, 0.6) is 0 Å². The highest BCUT2D eigenvalue weighted by atomic mass is 127. The molecular weight excluding hydrogens is 489 g/mol. The van der Waals surface area contributed by atoms with Gasteiger partial charge in [-0.15, -0.1) is 0 Å². The number of rotatable bonds is 6. The molecule has 0 aliphatic heterocycles. The number of carboxylic acid groups (broad SMARTS) is 1. The molecule has 6 heteroatoms. The standard InChI is InChI=1S/C24H18IN3O2/c25-20-9-4-12-28-23(20)22(16-5-1-6-17(13-16)24(29)30)21(18-7-2-10-26-14-18)19-8-3-11-27-15-19/h1-15,21-22H,(H,29,30). The second-order valence-corrected chi connectivity index (χ2v) is 7.99. The lowest BCUT2D eigenvalue weighted by Crippen LogP contribution is -2.18. The Labute approximate surface area is 188 Å². The van der Waals surface area contributed by atoms with Gasteiger partial charge in [0, 0.05) is 46.4 Å². The van der Waals surface area contributed by atoms with Crippen LogP contribution in [0.15, 0.2) is 91.6 Å². The first-order valence-electron chi connectivity index (χ1n) is 9.38. The Bertz CT molecular complexity index is 1110. The first-order valence-corrected chi connectivity index (χ1v) is 10.5. The second-order valence-electron chi connectivity index (χ2n) is 6.83. The lowest BCUT2D eigenvalue weighted by molar-refractivity contribution is 0.0696. The minimum Gasteiger partial charge on any atom is -0.478 e. The van der Waals surface area contributed by atoms with Gasteiger partial charge in [0.1, 0.15) is 0 Å². The van der Waals surface area contributed by atoms with Crippen LogP contribution in [0.1, 0.15) is 44.6 Å². The summed E-state index contributed by atoms with van der Waals surface area (Å²) in [5, 5.41) is 9.55. The van der Waals surface area contributed by atoms with Crippen LogP contribution in [0.25, 0.3) is 0 Å². The van der Waals surface area contributed by atoms with Crippen molar-refractivity contribution in [2.75, 3.05) is 0 Å². The van der Waals surface area contributed by atoms with Crippen molar-refractivity contribution in [3.05, 3.63) is 123 Å². The van der Waals surface area contributed by atoms with E-state index in [0.29, 0.717) is 0 Å². The van der Waals surface area contributed by atoms with E-state index in [0.717, 1.165) is 26.0 Å². The molecule has 3 heterocycles. The number of carbonyl (C=O) groups is 1. The molecule has 0 saturated heterocycles. The lowest BCUT2D eigenvalue weighted by Gasteiger charge is -2.29. The van der Waals surface area contributed by atoms with Gasteiger partial charge >= 0.3 is 5.97 Å². The zero-order valence-corrected chi connectivity index (χ0v) is 18.0. The molecule has 148 valence electrons. The van der Waals surface area contributed by atoms with Crippen molar-refractivity contribution in [2.24, 2.45) is 0 Å². The third-order valence-electron chi connectivity index (χ3n) is 4.99. The van der Waals surface area contributed by atoms with Gasteiger partial charge < -0.3 is 5.11 Å². The molecule has 1 unspecified atom stereocenters. The molecule has 0 aliphatic rings. The molecule has 1 aromatic carbocycles. The predicted molar refractivity (Wildman–Crippen MR) is 123 cm³/mol. The number of hydrogen-bond donors (Lipinski definition) is 1. The summed E-state index contributed by atoms with van der Waals surface area (Å²) in [6, 6.07) is 18.9. The highest BCUT2D eigenvalue weighted by Gasteiger charge is 2.31. The topological polar surface area (TPSA) is 76.0 Å². The third kappa shape index (κ3) is 4.23. The minimum absolute atomic E-state index is 0.139. The molecule has 4 rings (SSSR count). The Kier molecular flexibility index (Phi) is 6.13. The van der Waals surface area contributed by atoms with Gasteiger partial charge in [-0.1, -0.05) is 24.3 Å². The maximum absolute atomic E-state index is 11.7. The van der Waals surface area contributed by atoms with Crippen LogP contribution in [-0.4, -0.2) is 26.0 Å². The Morgan fingerprint density at radius 2 is 1.43 bits per heavy atom. The zero-order chi connectivity index (χ0) is 20.9. The van der Waals surface area contributed by atoms with Gasteiger partial charge in [-0.3, -0.25) is 15.0 Å². The van der Waals surface area contributed by atoms with Crippen LogP contribution >= 0.6 is 22.6 Å². The van der Waals surface area contributed by atoms with Crippen molar-refractivity contribution in [1.82, 2.24) is 15.0 Å². The van der Waals surface area contributed by atoms with Gasteiger partial charge in [-0.2, -0.15) is 0 Å². The number of halogens is 1. The second kappa shape index (κ2) is 9.13. The van der Waals surface area contributed by atoms with Gasteiger partial charge in [0.2, 0.25) is 0 Å². The average molecular weight is 507 g/mol. The minimum atomic E-state index is -0.953. The van der Waals surface area contributed by atoms with Gasteiger partial charge in [-0.25, -0.2) is 4.79 Å². The fraction of sp³-hybridized carbons (Fsp3) is 0.0833. The molecule has 0 fully saturated rings. The van der Waals surface area contributed by atoms with Crippen LogP contribution in [0.2, 0.25) is 0 Å². The van der Waals surface area contributed by atoms with Crippen LogP contribution in [0.3, 0.4) is 0 Å². The van der Waals surface area contributed by atoms with E-state index in [1.807, 2.05) is 54.9 Å². The van der Waals surface area contributed by atoms with Crippen molar-refractivity contribution in [1.29, 1.82) is 0 Å². The summed E-state index contributed by atoms with van der Waals surface area (Å²) < 4.78 is 1.01. The lowest BCUT2D eigenvalue weighted by atomic mass is 9.76. The summed E-state index contributed by atoms with van der Waals surface area (Å²) in [5.74, 6) is -1.31. The fourth-order valence-electron chi connectivity index (χ4n) is 3.70. The smallest absolute Gasteiger partial charge is 0.335 e. The van der Waals surface area contributed by atoms with E-state index in [2.05, 4.69) is 32.6 Å². The first-order chi connectivity index (χ1) is 14.6. The van der Waals surface area contributed by atoms with Gasteiger partial charge in [0.05, 0.1) is 11.3 Å². The maximum Gasteiger partial charge on any atom is 0.335 e. The van der Waals surface area contributed by atoms with Crippen molar-refractivity contribution < 1.29 is 9.90 Å². The highest BCUT2D eigenvalue weighted by Crippen LogP contribution is 2.43. The Balaban J connectivity index is 1.99. The molecule has 0 spiro atoms. The van der Waals surface area contributed by atoms with E-state index in [1.54, 1.807) is 36.8 Å². The van der Waals surface area contributed by atoms with E-state index in [-0.39, 0.29) is 17.4 Å². The summed E-state index contributed by atoms with van der Waals surface area (Å²) in [7, 11) is 0.